The molecule has 1 unspecified atom stereocenters. The van der Waals surface area contributed by atoms with Crippen LogP contribution in [0.5, 0.6) is 0 Å². The maximum absolute atomic E-state index is 12.8. The molecule has 1 aliphatic heterocycles. The molecule has 3 aromatic rings. The minimum atomic E-state index is 0.231. The fourth-order valence-electron chi connectivity index (χ4n) is 4.02. The molecule has 1 N–H and O–H groups in total. The van der Waals surface area contributed by atoms with E-state index in [4.69, 9.17) is 0 Å². The molecule has 0 radical (unpaired) electrons. The van der Waals surface area contributed by atoms with Crippen LogP contribution in [0.2, 0.25) is 0 Å². The van der Waals surface area contributed by atoms with Crippen LogP contribution in [0.3, 0.4) is 0 Å². The molecular weight excluding hydrogens is 334 g/mol. The number of benzene rings is 2. The highest BCUT2D eigenvalue weighted by Gasteiger charge is 2.26. The molecule has 4 rings (SSSR count). The highest BCUT2D eigenvalue weighted by Crippen LogP contribution is 2.20. The minimum absolute atomic E-state index is 0.231. The predicted octanol–water partition coefficient (Wildman–Crippen LogP) is 3.49. The molecule has 1 aliphatic rings. The number of para-hydroxylation sites is 1. The van der Waals surface area contributed by atoms with Crippen LogP contribution in [0.1, 0.15) is 18.1 Å². The number of carbonyl (C=O) groups is 1. The van der Waals surface area contributed by atoms with Crippen LogP contribution in [0.4, 0.5) is 0 Å². The molecule has 2 heterocycles. The van der Waals surface area contributed by atoms with E-state index in [1.165, 1.54) is 5.56 Å². The first kappa shape index (κ1) is 17.8. The molecule has 1 amide bonds. The molecule has 4 heteroatoms. The van der Waals surface area contributed by atoms with Gasteiger partial charge in [0.1, 0.15) is 0 Å². The van der Waals surface area contributed by atoms with Crippen molar-refractivity contribution in [3.63, 3.8) is 0 Å². The average molecular weight is 361 g/mol. The minimum Gasteiger partial charge on any atom is -0.361 e. The number of hydrogen-bond acceptors (Lipinski definition) is 2. The predicted molar refractivity (Wildman–Crippen MR) is 110 cm³/mol. The van der Waals surface area contributed by atoms with Crippen molar-refractivity contribution in [2.45, 2.75) is 25.8 Å². The van der Waals surface area contributed by atoms with E-state index in [0.29, 0.717) is 12.5 Å². The molecule has 0 bridgehead atoms. The van der Waals surface area contributed by atoms with E-state index in [-0.39, 0.29) is 5.91 Å². The molecule has 0 saturated carbocycles. The number of amides is 1. The quantitative estimate of drug-likeness (QED) is 0.756. The molecule has 1 aromatic heterocycles. The van der Waals surface area contributed by atoms with Crippen molar-refractivity contribution in [2.24, 2.45) is 0 Å². The van der Waals surface area contributed by atoms with Crippen LogP contribution in [-0.2, 0) is 17.6 Å². The van der Waals surface area contributed by atoms with E-state index in [2.05, 4.69) is 59.3 Å². The largest absolute Gasteiger partial charge is 0.361 e. The van der Waals surface area contributed by atoms with E-state index in [1.807, 2.05) is 23.2 Å². The third-order valence-corrected chi connectivity index (χ3v) is 5.66. The molecule has 1 saturated heterocycles. The van der Waals surface area contributed by atoms with Crippen molar-refractivity contribution in [1.82, 2.24) is 14.8 Å². The van der Waals surface area contributed by atoms with Gasteiger partial charge >= 0.3 is 0 Å². The summed E-state index contributed by atoms with van der Waals surface area (Å²) in [5.41, 5.74) is 3.57. The first-order valence-corrected chi connectivity index (χ1v) is 9.81. The number of nitrogens with zero attached hydrogens (tertiary/aromatic N) is 2. The lowest BCUT2D eigenvalue weighted by molar-refractivity contribution is -0.133. The Bertz CT molecular complexity index is 902. The van der Waals surface area contributed by atoms with Gasteiger partial charge in [0.25, 0.3) is 0 Å². The number of piperazine rings is 1. The molecule has 2 aromatic carbocycles. The second kappa shape index (κ2) is 7.97. The third kappa shape index (κ3) is 4.06. The van der Waals surface area contributed by atoms with Crippen molar-refractivity contribution in [3.8, 4) is 0 Å². The first-order valence-electron chi connectivity index (χ1n) is 9.81. The van der Waals surface area contributed by atoms with E-state index in [0.717, 1.165) is 49.1 Å². The number of nitrogens with one attached hydrogen (secondary N) is 1. The molecule has 27 heavy (non-hydrogen) atoms. The summed E-state index contributed by atoms with van der Waals surface area (Å²) in [7, 11) is 0. The lowest BCUT2D eigenvalue weighted by Gasteiger charge is -2.40. The molecule has 4 nitrogen and oxygen atoms in total. The van der Waals surface area contributed by atoms with Crippen molar-refractivity contribution in [2.75, 3.05) is 26.2 Å². The third-order valence-electron chi connectivity index (χ3n) is 5.66. The fraction of sp³-hybridized carbons (Fsp3) is 0.348. The van der Waals surface area contributed by atoms with Gasteiger partial charge in [-0.3, -0.25) is 9.69 Å². The average Bonchev–Trinajstić information content (AvgIpc) is 3.11. The summed E-state index contributed by atoms with van der Waals surface area (Å²) >= 11 is 0. The highest BCUT2D eigenvalue weighted by atomic mass is 16.2. The molecule has 140 valence electrons. The van der Waals surface area contributed by atoms with E-state index >= 15 is 0 Å². The van der Waals surface area contributed by atoms with Gasteiger partial charge in [-0.25, -0.2) is 0 Å². The number of H-pyrrole nitrogens is 1. The maximum atomic E-state index is 12.8. The first-order chi connectivity index (χ1) is 13.2. The second-order valence-corrected chi connectivity index (χ2v) is 7.50. The van der Waals surface area contributed by atoms with Crippen LogP contribution in [0.15, 0.2) is 60.8 Å². The molecule has 1 atom stereocenters. The van der Waals surface area contributed by atoms with Gasteiger partial charge in [0.05, 0.1) is 6.42 Å². The van der Waals surface area contributed by atoms with Gasteiger partial charge in [-0.2, -0.15) is 0 Å². The topological polar surface area (TPSA) is 39.3 Å². The van der Waals surface area contributed by atoms with E-state index < -0.39 is 0 Å². The Kier molecular flexibility index (Phi) is 5.26. The Morgan fingerprint density at radius 3 is 2.67 bits per heavy atom. The summed E-state index contributed by atoms with van der Waals surface area (Å²) < 4.78 is 0. The van der Waals surface area contributed by atoms with Crippen LogP contribution in [0, 0.1) is 0 Å². The summed E-state index contributed by atoms with van der Waals surface area (Å²) in [6.45, 7) is 5.87. The van der Waals surface area contributed by atoms with Gasteiger partial charge in [0.15, 0.2) is 0 Å². The Hall–Kier alpha value is -2.59. The van der Waals surface area contributed by atoms with Gasteiger partial charge in [-0.15, -0.1) is 0 Å². The number of aromatic nitrogens is 1. The maximum Gasteiger partial charge on any atom is 0.227 e. The highest BCUT2D eigenvalue weighted by molar-refractivity contribution is 5.88. The van der Waals surface area contributed by atoms with Crippen LogP contribution in [-0.4, -0.2) is 52.9 Å². The number of aromatic amines is 1. The molecule has 0 spiro atoms. The van der Waals surface area contributed by atoms with Crippen LogP contribution >= 0.6 is 0 Å². The zero-order valence-electron chi connectivity index (χ0n) is 15.9. The van der Waals surface area contributed by atoms with E-state index in [9.17, 15) is 4.79 Å². The second-order valence-electron chi connectivity index (χ2n) is 7.50. The zero-order valence-corrected chi connectivity index (χ0v) is 15.9. The van der Waals surface area contributed by atoms with Crippen molar-refractivity contribution >= 4 is 16.8 Å². The Morgan fingerprint density at radius 1 is 1.07 bits per heavy atom. The summed E-state index contributed by atoms with van der Waals surface area (Å²) in [4.78, 5) is 20.6. The van der Waals surface area contributed by atoms with E-state index in [1.54, 1.807) is 0 Å². The fourth-order valence-corrected chi connectivity index (χ4v) is 4.02. The summed E-state index contributed by atoms with van der Waals surface area (Å²) in [6, 6.07) is 19.2. The summed E-state index contributed by atoms with van der Waals surface area (Å²) in [6.07, 6.45) is 3.51. The van der Waals surface area contributed by atoms with Crippen molar-refractivity contribution in [1.29, 1.82) is 0 Å². The summed E-state index contributed by atoms with van der Waals surface area (Å²) in [5.74, 6) is 0.231. The normalized spacial score (nSPS) is 18.1. The number of rotatable bonds is 5. The van der Waals surface area contributed by atoms with Gasteiger partial charge in [0, 0.05) is 49.3 Å². The van der Waals surface area contributed by atoms with Crippen LogP contribution < -0.4 is 0 Å². The summed E-state index contributed by atoms with van der Waals surface area (Å²) in [5, 5.41) is 1.15. The lowest BCUT2D eigenvalue weighted by atomic mass is 10.1. The lowest BCUT2D eigenvalue weighted by Crippen LogP contribution is -2.54. The molecular formula is C23H27N3O. The van der Waals surface area contributed by atoms with Crippen LogP contribution in [0.25, 0.3) is 10.9 Å². The van der Waals surface area contributed by atoms with Crippen molar-refractivity contribution < 1.29 is 4.79 Å². The molecule has 0 aliphatic carbocycles. The Morgan fingerprint density at radius 2 is 1.85 bits per heavy atom. The number of carbonyl (C=O) groups excluding carboxylic acids is 1. The monoisotopic (exact) mass is 361 g/mol. The van der Waals surface area contributed by atoms with Gasteiger partial charge in [-0.05, 0) is 30.5 Å². The standard InChI is InChI=1S/C23H27N3O/c1-18-17-26(14-13-25(18)12-11-19-7-3-2-4-8-19)23(27)15-20-16-24-22-10-6-5-9-21(20)22/h2-10,16,18,24H,11-15,17H2,1H3. The zero-order chi connectivity index (χ0) is 18.6. The van der Waals surface area contributed by atoms with Gasteiger partial charge < -0.3 is 9.88 Å². The SMILES string of the molecule is CC1CN(C(=O)Cc2c[nH]c3ccccc23)CCN1CCc1ccccc1. The number of fused-ring (bicyclic) bond motifs is 1. The number of hydrogen-bond donors (Lipinski definition) is 1. The van der Waals surface area contributed by atoms with Gasteiger partial charge in [-0.1, -0.05) is 48.5 Å². The van der Waals surface area contributed by atoms with Crippen molar-refractivity contribution in [3.05, 3.63) is 71.9 Å². The Balaban J connectivity index is 1.33. The smallest absolute Gasteiger partial charge is 0.227 e. The Labute approximate surface area is 160 Å². The van der Waals surface area contributed by atoms with Gasteiger partial charge in [0.2, 0.25) is 5.91 Å². The molecule has 1 fully saturated rings.